The van der Waals surface area contributed by atoms with Gasteiger partial charge in [0.2, 0.25) is 5.95 Å². The molecule has 0 amide bonds. The number of benzene rings is 2. The highest BCUT2D eigenvalue weighted by Gasteiger charge is 2.29. The zero-order chi connectivity index (χ0) is 22.6. The smallest absolute Gasteiger partial charge is 0.225 e. The average Bonchev–Trinajstić information content (AvgIpc) is 3.26. The summed E-state index contributed by atoms with van der Waals surface area (Å²) in [7, 11) is 1.91. The number of nitrogens with zero attached hydrogens (tertiary/aromatic N) is 5. The van der Waals surface area contributed by atoms with Gasteiger partial charge < -0.3 is 15.0 Å². The Balaban J connectivity index is 1.17. The first kappa shape index (κ1) is 19.5. The molecule has 0 radical (unpaired) electrons. The Hall–Kier alpha value is -3.98. The van der Waals surface area contributed by atoms with Crippen LogP contribution in [-0.2, 0) is 24.8 Å². The van der Waals surface area contributed by atoms with Gasteiger partial charge in [-0.05, 0) is 36.5 Å². The maximum atomic E-state index is 5.52. The molecule has 0 atom stereocenters. The lowest BCUT2D eigenvalue weighted by Gasteiger charge is -2.11. The molecular weight excluding hydrogens is 428 g/mol. The van der Waals surface area contributed by atoms with Gasteiger partial charge in [0.25, 0.3) is 0 Å². The first-order valence-electron chi connectivity index (χ1n) is 11.6. The average molecular weight is 453 g/mol. The molecule has 0 spiro atoms. The van der Waals surface area contributed by atoms with E-state index in [0.717, 1.165) is 52.6 Å². The highest BCUT2D eigenvalue weighted by atomic mass is 16.5. The minimum Gasteiger partial charge on any atom is -0.375 e. The van der Waals surface area contributed by atoms with Crippen molar-refractivity contribution in [2.24, 2.45) is 7.05 Å². The van der Waals surface area contributed by atoms with Crippen molar-refractivity contribution in [1.82, 2.24) is 34.9 Å². The summed E-state index contributed by atoms with van der Waals surface area (Å²) in [6.45, 7) is 1.33. The number of aryl methyl sites for hydroxylation is 1. The Kier molecular flexibility index (Phi) is 4.31. The van der Waals surface area contributed by atoms with Crippen molar-refractivity contribution in [3.63, 3.8) is 0 Å². The van der Waals surface area contributed by atoms with Gasteiger partial charge in [0, 0.05) is 35.7 Å². The summed E-state index contributed by atoms with van der Waals surface area (Å²) >= 11 is 0. The Labute approximate surface area is 195 Å². The van der Waals surface area contributed by atoms with Gasteiger partial charge in [0.15, 0.2) is 5.82 Å². The number of nitrogens with one attached hydrogen (secondary N) is 3. The minimum atomic E-state index is 0.572. The molecule has 0 saturated heterocycles. The highest BCUT2D eigenvalue weighted by Crippen LogP contribution is 2.47. The van der Waals surface area contributed by atoms with Crippen LogP contribution < -0.4 is 5.32 Å². The lowest BCUT2D eigenvalue weighted by atomic mass is 10.0. The van der Waals surface area contributed by atoms with Gasteiger partial charge in [0.1, 0.15) is 5.82 Å². The lowest BCUT2D eigenvalue weighted by molar-refractivity contribution is 0.107. The van der Waals surface area contributed by atoms with Crippen molar-refractivity contribution in [3.8, 4) is 22.8 Å². The molecule has 9 heteroatoms. The van der Waals surface area contributed by atoms with Crippen molar-refractivity contribution < 1.29 is 4.74 Å². The molecule has 1 fully saturated rings. The second kappa shape index (κ2) is 7.53. The fourth-order valence-corrected chi connectivity index (χ4v) is 4.72. The zero-order valence-corrected chi connectivity index (χ0v) is 18.8. The third-order valence-electron chi connectivity index (χ3n) is 6.67. The normalized spacial score (nSPS) is 15.6. The first-order valence-corrected chi connectivity index (χ1v) is 11.6. The fraction of sp³-hybridized carbons (Fsp3) is 0.280. The van der Waals surface area contributed by atoms with E-state index in [4.69, 9.17) is 14.7 Å². The predicted molar refractivity (Wildman–Crippen MR) is 129 cm³/mol. The number of rotatable bonds is 5. The van der Waals surface area contributed by atoms with Crippen molar-refractivity contribution in [3.05, 3.63) is 59.5 Å². The molecule has 1 aliphatic carbocycles. The molecule has 7 rings (SSSR count). The quantitative estimate of drug-likeness (QED) is 0.364. The van der Waals surface area contributed by atoms with Gasteiger partial charge in [-0.2, -0.15) is 10.1 Å². The number of anilines is 2. The van der Waals surface area contributed by atoms with Crippen molar-refractivity contribution in [1.29, 1.82) is 0 Å². The van der Waals surface area contributed by atoms with Gasteiger partial charge in [-0.3, -0.25) is 5.10 Å². The van der Waals surface area contributed by atoms with E-state index >= 15 is 0 Å². The van der Waals surface area contributed by atoms with E-state index in [1.54, 1.807) is 4.68 Å². The molecule has 0 unspecified atom stereocenters. The molecule has 1 aliphatic heterocycles. The topological polar surface area (TPSA) is 109 Å². The molecular formula is C25H24N8O. The molecule has 2 aliphatic rings. The molecule has 170 valence electrons. The number of imidazole rings is 1. The van der Waals surface area contributed by atoms with Crippen LogP contribution >= 0.6 is 0 Å². The number of aromatic amines is 2. The summed E-state index contributed by atoms with van der Waals surface area (Å²) in [5, 5.41) is 16.7. The Bertz CT molecular complexity index is 1480. The third kappa shape index (κ3) is 3.28. The van der Waals surface area contributed by atoms with Crippen LogP contribution in [0.1, 0.15) is 35.7 Å². The Morgan fingerprint density at radius 1 is 1.06 bits per heavy atom. The molecule has 5 aromatic rings. The Morgan fingerprint density at radius 3 is 2.74 bits per heavy atom. The van der Waals surface area contributed by atoms with Crippen LogP contribution in [0.15, 0.2) is 42.6 Å². The molecule has 4 heterocycles. The van der Waals surface area contributed by atoms with Gasteiger partial charge in [-0.1, -0.05) is 24.3 Å². The number of ether oxygens (including phenoxy) is 1. The van der Waals surface area contributed by atoms with Crippen LogP contribution in [0, 0.1) is 0 Å². The van der Waals surface area contributed by atoms with Crippen LogP contribution in [0.4, 0.5) is 11.6 Å². The summed E-state index contributed by atoms with van der Waals surface area (Å²) in [6, 6.07) is 12.4. The largest absolute Gasteiger partial charge is 0.375 e. The molecule has 3 N–H and O–H groups in total. The number of H-pyrrole nitrogens is 2. The van der Waals surface area contributed by atoms with Crippen LogP contribution in [0.2, 0.25) is 0 Å². The van der Waals surface area contributed by atoms with Crippen molar-refractivity contribution >= 4 is 22.5 Å². The second-order valence-electron chi connectivity index (χ2n) is 9.03. The Morgan fingerprint density at radius 2 is 1.91 bits per heavy atom. The summed E-state index contributed by atoms with van der Waals surface area (Å²) < 4.78 is 7.31. The number of hydrogen-bond donors (Lipinski definition) is 3. The van der Waals surface area contributed by atoms with E-state index in [1.165, 1.54) is 23.8 Å². The molecule has 2 aromatic carbocycles. The van der Waals surface area contributed by atoms with Crippen LogP contribution in [-0.4, -0.2) is 41.5 Å². The maximum absolute atomic E-state index is 5.52. The van der Waals surface area contributed by atoms with E-state index in [2.05, 4.69) is 49.9 Å². The van der Waals surface area contributed by atoms with Crippen LogP contribution in [0.25, 0.3) is 33.7 Å². The monoisotopic (exact) mass is 452 g/mol. The predicted octanol–water partition coefficient (Wildman–Crippen LogP) is 4.44. The molecule has 9 nitrogen and oxygen atoms in total. The van der Waals surface area contributed by atoms with Gasteiger partial charge in [-0.25, -0.2) is 9.67 Å². The summed E-state index contributed by atoms with van der Waals surface area (Å²) in [6.07, 6.45) is 5.19. The minimum absolute atomic E-state index is 0.572. The SMILES string of the molecule is Cn1nc(-c2ccc(-c3nc4c([nH]3)COCC4)cc2)nc1Nc1ccc2[nH]ncc2c1C1CC1. The molecule has 0 bridgehead atoms. The highest BCUT2D eigenvalue weighted by molar-refractivity contribution is 5.89. The summed E-state index contributed by atoms with van der Waals surface area (Å²) in [5.74, 6) is 2.84. The van der Waals surface area contributed by atoms with E-state index < -0.39 is 0 Å². The number of hydrogen-bond acceptors (Lipinski definition) is 6. The summed E-state index contributed by atoms with van der Waals surface area (Å²) in [5.41, 5.74) is 7.62. The third-order valence-corrected chi connectivity index (χ3v) is 6.67. The first-order chi connectivity index (χ1) is 16.7. The van der Waals surface area contributed by atoms with E-state index in [-0.39, 0.29) is 0 Å². The van der Waals surface area contributed by atoms with E-state index in [1.807, 2.05) is 25.4 Å². The van der Waals surface area contributed by atoms with Gasteiger partial charge in [0.05, 0.1) is 36.3 Å². The van der Waals surface area contributed by atoms with Crippen LogP contribution in [0.5, 0.6) is 0 Å². The number of fused-ring (bicyclic) bond motifs is 2. The lowest BCUT2D eigenvalue weighted by Crippen LogP contribution is -2.08. The molecule has 34 heavy (non-hydrogen) atoms. The van der Waals surface area contributed by atoms with E-state index in [0.29, 0.717) is 24.3 Å². The van der Waals surface area contributed by atoms with Crippen LogP contribution in [0.3, 0.4) is 0 Å². The summed E-state index contributed by atoms with van der Waals surface area (Å²) in [4.78, 5) is 12.9. The van der Waals surface area contributed by atoms with Gasteiger partial charge in [-0.15, -0.1) is 5.10 Å². The second-order valence-corrected chi connectivity index (χ2v) is 9.03. The maximum Gasteiger partial charge on any atom is 0.225 e. The fourth-order valence-electron chi connectivity index (χ4n) is 4.72. The van der Waals surface area contributed by atoms with Crippen molar-refractivity contribution in [2.45, 2.75) is 31.8 Å². The zero-order valence-electron chi connectivity index (χ0n) is 18.8. The molecule has 1 saturated carbocycles. The van der Waals surface area contributed by atoms with E-state index in [9.17, 15) is 0 Å². The van der Waals surface area contributed by atoms with Crippen molar-refractivity contribution in [2.75, 3.05) is 11.9 Å². The van der Waals surface area contributed by atoms with Gasteiger partial charge >= 0.3 is 0 Å². The molecule has 3 aromatic heterocycles. The number of aromatic nitrogens is 7. The standard InChI is InChI=1S/C25H24N8O/c1-33-25(29-20-9-8-18-17(12-26-31-18)22(20)14-2-3-14)30-24(32-33)16-6-4-15(5-7-16)23-27-19-10-11-34-13-21(19)28-23/h4-9,12,14H,2-3,10-11,13H2,1H3,(H,26,31)(H,27,28)(H,29,30,32).